The molecular formula is C21H13Br3N2O5. The molecule has 0 atom stereocenters. The normalized spacial score (nSPS) is 10.4. The summed E-state index contributed by atoms with van der Waals surface area (Å²) in [6.07, 6.45) is -0.178. The van der Waals surface area contributed by atoms with E-state index in [2.05, 4.69) is 53.1 Å². The molecule has 0 aliphatic heterocycles. The van der Waals surface area contributed by atoms with Gasteiger partial charge in [-0.05, 0) is 62.2 Å². The minimum absolute atomic E-state index is 0.0818. The van der Waals surface area contributed by atoms with Crippen LogP contribution in [-0.2, 0) is 11.2 Å². The second kappa shape index (κ2) is 10.2. The Morgan fingerprint density at radius 1 is 0.968 bits per heavy atom. The Bertz CT molecular complexity index is 1180. The first-order valence-corrected chi connectivity index (χ1v) is 11.1. The van der Waals surface area contributed by atoms with Crippen molar-refractivity contribution in [2.75, 3.05) is 5.32 Å². The third-order valence-corrected chi connectivity index (χ3v) is 5.84. The van der Waals surface area contributed by atoms with Crippen LogP contribution in [0.1, 0.15) is 15.9 Å². The van der Waals surface area contributed by atoms with E-state index in [1.54, 1.807) is 42.5 Å². The van der Waals surface area contributed by atoms with E-state index in [1.807, 2.05) is 0 Å². The minimum atomic E-state index is -0.601. The molecule has 7 nitrogen and oxygen atoms in total. The molecular weight excluding hydrogens is 600 g/mol. The number of halogens is 3. The third-order valence-electron chi connectivity index (χ3n) is 4.10. The van der Waals surface area contributed by atoms with Crippen LogP contribution in [0.15, 0.2) is 74.1 Å². The van der Waals surface area contributed by atoms with Gasteiger partial charge in [0.25, 0.3) is 5.69 Å². The largest absolute Gasteiger partial charge is 0.421 e. The molecule has 31 heavy (non-hydrogen) atoms. The topological polar surface area (TPSA) is 98.5 Å². The van der Waals surface area contributed by atoms with Crippen molar-refractivity contribution in [3.05, 3.63) is 95.3 Å². The van der Waals surface area contributed by atoms with Gasteiger partial charge in [0.15, 0.2) is 0 Å². The fraction of sp³-hybridized carbons (Fsp3) is 0.0476. The maximum Gasteiger partial charge on any atom is 0.344 e. The Hall–Kier alpha value is -2.56. The number of rotatable bonds is 6. The van der Waals surface area contributed by atoms with Crippen molar-refractivity contribution in [2.45, 2.75) is 6.42 Å². The van der Waals surface area contributed by atoms with Gasteiger partial charge in [0.2, 0.25) is 5.91 Å². The summed E-state index contributed by atoms with van der Waals surface area (Å²) in [5.74, 6) is -0.921. The number of carbonyl (C=O) groups is 2. The molecule has 0 bridgehead atoms. The van der Waals surface area contributed by atoms with Crippen LogP contribution in [0.5, 0.6) is 5.75 Å². The summed E-state index contributed by atoms with van der Waals surface area (Å²) < 4.78 is 7.29. The lowest BCUT2D eigenvalue weighted by Crippen LogP contribution is -2.17. The van der Waals surface area contributed by atoms with Crippen LogP contribution in [0.2, 0.25) is 0 Å². The van der Waals surface area contributed by atoms with Crippen LogP contribution in [-0.4, -0.2) is 16.8 Å². The molecule has 0 spiro atoms. The highest BCUT2D eigenvalue weighted by Gasteiger charge is 2.21. The molecule has 0 saturated carbocycles. The summed E-state index contributed by atoms with van der Waals surface area (Å²) >= 11 is 10.0. The molecule has 0 fully saturated rings. The predicted molar refractivity (Wildman–Crippen MR) is 126 cm³/mol. The monoisotopic (exact) mass is 610 g/mol. The van der Waals surface area contributed by atoms with E-state index in [-0.39, 0.29) is 23.5 Å². The summed E-state index contributed by atoms with van der Waals surface area (Å²) in [5, 5.41) is 13.7. The highest BCUT2D eigenvalue weighted by Crippen LogP contribution is 2.35. The summed E-state index contributed by atoms with van der Waals surface area (Å²) in [6, 6.07) is 16.0. The predicted octanol–water partition coefficient (Wildman–Crippen LogP) is 6.28. The van der Waals surface area contributed by atoms with E-state index >= 15 is 0 Å². The summed E-state index contributed by atoms with van der Waals surface area (Å²) in [4.78, 5) is 35.9. The van der Waals surface area contributed by atoms with Crippen LogP contribution in [0, 0.1) is 10.1 Å². The van der Waals surface area contributed by atoms with Crippen molar-refractivity contribution in [3.8, 4) is 5.75 Å². The van der Waals surface area contributed by atoms with E-state index < -0.39 is 16.8 Å². The number of nitro groups is 1. The fourth-order valence-electron chi connectivity index (χ4n) is 2.74. The van der Waals surface area contributed by atoms with Crippen molar-refractivity contribution < 1.29 is 19.2 Å². The van der Waals surface area contributed by atoms with E-state index in [4.69, 9.17) is 4.74 Å². The lowest BCUT2D eigenvalue weighted by atomic mass is 10.1. The maximum atomic E-state index is 12.7. The molecule has 0 heterocycles. The minimum Gasteiger partial charge on any atom is -0.421 e. The lowest BCUT2D eigenvalue weighted by Gasteiger charge is -2.14. The smallest absolute Gasteiger partial charge is 0.344 e. The third kappa shape index (κ3) is 5.78. The zero-order chi connectivity index (χ0) is 22.5. The Balaban J connectivity index is 1.86. The highest BCUT2D eigenvalue weighted by molar-refractivity contribution is 9.11. The molecule has 3 aromatic carbocycles. The first kappa shape index (κ1) is 23.1. The number of carbonyl (C=O) groups excluding carboxylic acids is 2. The number of para-hydroxylation sites is 2. The summed E-state index contributed by atoms with van der Waals surface area (Å²) in [5.41, 5.74) is 0.607. The van der Waals surface area contributed by atoms with Gasteiger partial charge in [0, 0.05) is 20.6 Å². The number of benzene rings is 3. The fourth-order valence-corrected chi connectivity index (χ4v) is 4.58. The Morgan fingerprint density at radius 3 is 2.35 bits per heavy atom. The van der Waals surface area contributed by atoms with E-state index in [1.165, 1.54) is 18.2 Å². The quantitative estimate of drug-likeness (QED) is 0.153. The average Bonchev–Trinajstić information content (AvgIpc) is 2.71. The van der Waals surface area contributed by atoms with Crippen LogP contribution in [0.3, 0.4) is 0 Å². The number of hydrogen-bond acceptors (Lipinski definition) is 5. The van der Waals surface area contributed by atoms with Gasteiger partial charge in [-0.15, -0.1) is 0 Å². The average molecular weight is 613 g/mol. The zero-order valence-corrected chi connectivity index (χ0v) is 20.4. The summed E-state index contributed by atoms with van der Waals surface area (Å²) in [7, 11) is 0. The SMILES string of the molecule is O=C(Cc1cc(Br)cc(Br)c1OC(=O)c1ccccc1Br)Nc1ccccc1[N+](=O)[O-]. The van der Waals surface area contributed by atoms with Gasteiger partial charge in [-0.3, -0.25) is 14.9 Å². The molecule has 3 aromatic rings. The molecule has 158 valence electrons. The van der Waals surface area contributed by atoms with E-state index in [0.717, 1.165) is 0 Å². The highest BCUT2D eigenvalue weighted by atomic mass is 79.9. The number of nitrogens with zero attached hydrogens (tertiary/aromatic N) is 1. The van der Waals surface area contributed by atoms with Gasteiger partial charge in [-0.1, -0.05) is 40.2 Å². The molecule has 3 rings (SSSR count). The summed E-state index contributed by atoms with van der Waals surface area (Å²) in [6.45, 7) is 0. The van der Waals surface area contributed by atoms with E-state index in [0.29, 0.717) is 24.5 Å². The van der Waals surface area contributed by atoms with Crippen LogP contribution in [0.25, 0.3) is 0 Å². The van der Waals surface area contributed by atoms with Gasteiger partial charge in [0.1, 0.15) is 11.4 Å². The first-order chi connectivity index (χ1) is 14.8. The van der Waals surface area contributed by atoms with Gasteiger partial charge < -0.3 is 10.1 Å². The van der Waals surface area contributed by atoms with Gasteiger partial charge in [-0.2, -0.15) is 0 Å². The molecule has 0 aliphatic carbocycles. The molecule has 1 N–H and O–H groups in total. The molecule has 1 amide bonds. The molecule has 0 radical (unpaired) electrons. The zero-order valence-electron chi connectivity index (χ0n) is 15.6. The first-order valence-electron chi connectivity index (χ1n) is 8.74. The van der Waals surface area contributed by atoms with Crippen molar-refractivity contribution in [2.24, 2.45) is 0 Å². The van der Waals surface area contributed by atoms with Crippen LogP contribution >= 0.6 is 47.8 Å². The van der Waals surface area contributed by atoms with Crippen LogP contribution < -0.4 is 10.1 Å². The lowest BCUT2D eigenvalue weighted by molar-refractivity contribution is -0.383. The molecule has 0 aromatic heterocycles. The number of esters is 1. The number of anilines is 1. The van der Waals surface area contributed by atoms with Crippen molar-refractivity contribution >= 4 is 71.0 Å². The van der Waals surface area contributed by atoms with E-state index in [9.17, 15) is 19.7 Å². The Morgan fingerprint density at radius 2 is 1.65 bits per heavy atom. The number of ether oxygens (including phenoxy) is 1. The van der Waals surface area contributed by atoms with Crippen LogP contribution in [0.4, 0.5) is 11.4 Å². The standard InChI is InChI=1S/C21H13Br3N2O5/c22-13-9-12(10-19(27)25-17-7-3-4-8-18(17)26(29)30)20(16(24)11-13)31-21(28)14-5-1-2-6-15(14)23/h1-9,11H,10H2,(H,25,27). The number of hydrogen-bond donors (Lipinski definition) is 1. The number of amides is 1. The van der Waals surface area contributed by atoms with Gasteiger partial charge in [-0.25, -0.2) is 4.79 Å². The van der Waals surface area contributed by atoms with Gasteiger partial charge >= 0.3 is 5.97 Å². The maximum absolute atomic E-state index is 12.7. The second-order valence-electron chi connectivity index (χ2n) is 6.24. The molecule has 0 saturated heterocycles. The van der Waals surface area contributed by atoms with Crippen molar-refractivity contribution in [3.63, 3.8) is 0 Å². The van der Waals surface area contributed by atoms with Crippen molar-refractivity contribution in [1.82, 2.24) is 0 Å². The Kier molecular flexibility index (Phi) is 7.58. The van der Waals surface area contributed by atoms with Gasteiger partial charge in [0.05, 0.1) is 21.4 Å². The molecule has 0 unspecified atom stereocenters. The van der Waals surface area contributed by atoms with Crippen molar-refractivity contribution in [1.29, 1.82) is 0 Å². The molecule has 10 heteroatoms. The molecule has 0 aliphatic rings. The number of nitro benzene ring substituents is 1. The second-order valence-corrected chi connectivity index (χ2v) is 8.87. The number of nitrogens with one attached hydrogen (secondary N) is 1. The Labute approximate surface area is 202 Å².